The SMILES string of the molecule is CCOC(=O)c1cc2c(C=O)cc(C)n2cn1. The minimum Gasteiger partial charge on any atom is -0.461 e. The van der Waals surface area contributed by atoms with Gasteiger partial charge in [0.15, 0.2) is 12.0 Å². The molecule has 0 aliphatic heterocycles. The van der Waals surface area contributed by atoms with Crippen molar-refractivity contribution in [3.05, 3.63) is 35.4 Å². The Bertz CT molecular complexity index is 587. The Balaban J connectivity index is 2.56. The highest BCUT2D eigenvalue weighted by Crippen LogP contribution is 2.15. The van der Waals surface area contributed by atoms with E-state index >= 15 is 0 Å². The summed E-state index contributed by atoms with van der Waals surface area (Å²) in [6, 6.07) is 3.31. The highest BCUT2D eigenvalue weighted by Gasteiger charge is 2.12. The van der Waals surface area contributed by atoms with Crippen molar-refractivity contribution >= 4 is 17.8 Å². The zero-order valence-corrected chi connectivity index (χ0v) is 9.64. The molecule has 0 saturated carbocycles. The molecule has 0 spiro atoms. The van der Waals surface area contributed by atoms with Crippen LogP contribution in [0, 0.1) is 6.92 Å². The molecular weight excluding hydrogens is 220 g/mol. The summed E-state index contributed by atoms with van der Waals surface area (Å²) in [4.78, 5) is 26.4. The lowest BCUT2D eigenvalue weighted by Crippen LogP contribution is -2.08. The summed E-state index contributed by atoms with van der Waals surface area (Å²) in [5, 5.41) is 0. The van der Waals surface area contributed by atoms with Crippen molar-refractivity contribution in [1.29, 1.82) is 0 Å². The van der Waals surface area contributed by atoms with Gasteiger partial charge in [-0.05, 0) is 26.0 Å². The van der Waals surface area contributed by atoms with E-state index in [4.69, 9.17) is 4.74 Å². The van der Waals surface area contributed by atoms with Gasteiger partial charge in [-0.3, -0.25) is 4.79 Å². The number of carbonyl (C=O) groups is 2. The lowest BCUT2D eigenvalue weighted by atomic mass is 10.2. The summed E-state index contributed by atoms with van der Waals surface area (Å²) >= 11 is 0. The molecule has 0 aliphatic rings. The Morgan fingerprint density at radius 3 is 2.94 bits per heavy atom. The van der Waals surface area contributed by atoms with Crippen LogP contribution in [0.3, 0.4) is 0 Å². The number of rotatable bonds is 3. The fraction of sp³-hybridized carbons (Fsp3) is 0.250. The van der Waals surface area contributed by atoms with Crippen molar-refractivity contribution in [2.45, 2.75) is 13.8 Å². The first kappa shape index (κ1) is 11.3. The number of hydrogen-bond acceptors (Lipinski definition) is 4. The number of fused-ring (bicyclic) bond motifs is 1. The number of aromatic nitrogens is 2. The zero-order chi connectivity index (χ0) is 12.4. The van der Waals surface area contributed by atoms with Gasteiger partial charge in [-0.25, -0.2) is 9.78 Å². The molecule has 0 fully saturated rings. The van der Waals surface area contributed by atoms with Crippen molar-refractivity contribution in [2.24, 2.45) is 0 Å². The van der Waals surface area contributed by atoms with Crippen LogP contribution in [0.4, 0.5) is 0 Å². The van der Waals surface area contributed by atoms with E-state index in [-0.39, 0.29) is 5.69 Å². The van der Waals surface area contributed by atoms with Crippen LogP contribution in [0.25, 0.3) is 5.52 Å². The third kappa shape index (κ3) is 1.91. The van der Waals surface area contributed by atoms with Crippen LogP contribution in [0.2, 0.25) is 0 Å². The van der Waals surface area contributed by atoms with Crippen LogP contribution in [0.1, 0.15) is 33.5 Å². The molecule has 0 saturated heterocycles. The maximum atomic E-state index is 11.5. The third-order valence-corrected chi connectivity index (χ3v) is 2.50. The van der Waals surface area contributed by atoms with E-state index in [1.807, 2.05) is 6.92 Å². The van der Waals surface area contributed by atoms with Crippen molar-refractivity contribution < 1.29 is 14.3 Å². The molecule has 0 unspecified atom stereocenters. The first-order valence-electron chi connectivity index (χ1n) is 5.27. The second-order valence-corrected chi connectivity index (χ2v) is 3.61. The van der Waals surface area contributed by atoms with Gasteiger partial charge in [-0.2, -0.15) is 0 Å². The Morgan fingerprint density at radius 2 is 2.29 bits per heavy atom. The molecule has 5 nitrogen and oxygen atoms in total. The van der Waals surface area contributed by atoms with Gasteiger partial charge in [-0.1, -0.05) is 0 Å². The minimum absolute atomic E-state index is 0.209. The van der Waals surface area contributed by atoms with Crippen LogP contribution >= 0.6 is 0 Å². The standard InChI is InChI=1S/C12H12N2O3/c1-3-17-12(16)10-5-11-9(6-15)4-8(2)14(11)7-13-10/h4-7H,3H2,1-2H3. The second kappa shape index (κ2) is 4.37. The summed E-state index contributed by atoms with van der Waals surface area (Å²) in [6.45, 7) is 3.90. The third-order valence-electron chi connectivity index (χ3n) is 2.50. The lowest BCUT2D eigenvalue weighted by Gasteiger charge is -2.02. The molecule has 17 heavy (non-hydrogen) atoms. The average molecular weight is 232 g/mol. The van der Waals surface area contributed by atoms with Crippen molar-refractivity contribution in [3.8, 4) is 0 Å². The minimum atomic E-state index is -0.481. The molecule has 88 valence electrons. The van der Waals surface area contributed by atoms with E-state index in [9.17, 15) is 9.59 Å². The van der Waals surface area contributed by atoms with Crippen LogP contribution in [-0.2, 0) is 4.74 Å². The fourth-order valence-electron chi connectivity index (χ4n) is 1.70. The van der Waals surface area contributed by atoms with E-state index in [1.54, 1.807) is 23.5 Å². The summed E-state index contributed by atoms with van der Waals surface area (Å²) in [5.74, 6) is -0.481. The molecule has 0 amide bonds. The van der Waals surface area contributed by atoms with Gasteiger partial charge in [0.2, 0.25) is 0 Å². The number of esters is 1. The quantitative estimate of drug-likeness (QED) is 0.596. The number of aryl methyl sites for hydroxylation is 1. The summed E-state index contributed by atoms with van der Waals surface area (Å²) < 4.78 is 6.61. The predicted molar refractivity (Wildman–Crippen MR) is 61.3 cm³/mol. The molecule has 0 bridgehead atoms. The molecule has 0 atom stereocenters. The van der Waals surface area contributed by atoms with Gasteiger partial charge in [-0.15, -0.1) is 0 Å². The highest BCUT2D eigenvalue weighted by molar-refractivity contribution is 5.92. The molecule has 2 rings (SSSR count). The van der Waals surface area contributed by atoms with Crippen molar-refractivity contribution in [1.82, 2.24) is 9.38 Å². The Labute approximate surface area is 98.0 Å². The molecule has 0 N–H and O–H groups in total. The molecule has 2 aromatic rings. The number of carbonyl (C=O) groups excluding carboxylic acids is 2. The van der Waals surface area contributed by atoms with E-state index in [1.165, 1.54) is 6.33 Å². The average Bonchev–Trinajstić information content (AvgIpc) is 2.66. The lowest BCUT2D eigenvalue weighted by molar-refractivity contribution is 0.0519. The predicted octanol–water partition coefficient (Wildman–Crippen LogP) is 1.63. The van der Waals surface area contributed by atoms with Gasteiger partial charge in [0.25, 0.3) is 0 Å². The first-order valence-corrected chi connectivity index (χ1v) is 5.27. The smallest absolute Gasteiger partial charge is 0.357 e. The van der Waals surface area contributed by atoms with Crippen LogP contribution in [0.15, 0.2) is 18.5 Å². The molecule has 0 aliphatic carbocycles. The number of nitrogens with zero attached hydrogens (tertiary/aromatic N) is 2. The van der Waals surface area contributed by atoms with E-state index < -0.39 is 5.97 Å². The van der Waals surface area contributed by atoms with Crippen molar-refractivity contribution in [2.75, 3.05) is 6.61 Å². The Morgan fingerprint density at radius 1 is 1.53 bits per heavy atom. The molecule has 5 heteroatoms. The second-order valence-electron chi connectivity index (χ2n) is 3.61. The maximum absolute atomic E-state index is 11.5. The topological polar surface area (TPSA) is 60.7 Å². The fourth-order valence-corrected chi connectivity index (χ4v) is 1.70. The normalized spacial score (nSPS) is 10.5. The number of aldehydes is 1. The molecule has 2 heterocycles. The maximum Gasteiger partial charge on any atom is 0.357 e. The largest absolute Gasteiger partial charge is 0.461 e. The monoisotopic (exact) mass is 232 g/mol. The number of ether oxygens (including phenoxy) is 1. The summed E-state index contributed by atoms with van der Waals surface area (Å²) in [7, 11) is 0. The Kier molecular flexibility index (Phi) is 2.91. The first-order chi connectivity index (χ1) is 8.17. The van der Waals surface area contributed by atoms with Gasteiger partial charge in [0.05, 0.1) is 12.1 Å². The van der Waals surface area contributed by atoms with E-state index in [0.29, 0.717) is 17.7 Å². The Hall–Kier alpha value is -2.17. The van der Waals surface area contributed by atoms with E-state index in [0.717, 1.165) is 12.0 Å². The summed E-state index contributed by atoms with van der Waals surface area (Å²) in [5.41, 5.74) is 2.30. The molecule has 0 aromatic carbocycles. The van der Waals surface area contributed by atoms with Crippen LogP contribution in [-0.4, -0.2) is 28.2 Å². The summed E-state index contributed by atoms with van der Waals surface area (Å²) in [6.07, 6.45) is 2.28. The highest BCUT2D eigenvalue weighted by atomic mass is 16.5. The van der Waals surface area contributed by atoms with Crippen LogP contribution < -0.4 is 0 Å². The van der Waals surface area contributed by atoms with Crippen LogP contribution in [0.5, 0.6) is 0 Å². The van der Waals surface area contributed by atoms with Gasteiger partial charge < -0.3 is 9.14 Å². The van der Waals surface area contributed by atoms with Gasteiger partial charge in [0, 0.05) is 11.3 Å². The molecular formula is C12H12N2O3. The molecule has 2 aromatic heterocycles. The zero-order valence-electron chi connectivity index (χ0n) is 9.64. The van der Waals surface area contributed by atoms with E-state index in [2.05, 4.69) is 4.98 Å². The van der Waals surface area contributed by atoms with Gasteiger partial charge in [0.1, 0.15) is 6.33 Å². The van der Waals surface area contributed by atoms with Gasteiger partial charge >= 0.3 is 5.97 Å². The molecule has 0 radical (unpaired) electrons. The van der Waals surface area contributed by atoms with Crippen molar-refractivity contribution in [3.63, 3.8) is 0 Å². The number of hydrogen-bond donors (Lipinski definition) is 0.